The SMILES string of the molecule is CC(O[N+](=O)[O-])c1ccc(C(=O)O)cc1. The normalized spacial score (nSPS) is 11.8. The highest BCUT2D eigenvalue weighted by atomic mass is 17.0. The fourth-order valence-electron chi connectivity index (χ4n) is 1.09. The van der Waals surface area contributed by atoms with Gasteiger partial charge < -0.3 is 9.94 Å². The molecule has 1 atom stereocenters. The highest BCUT2D eigenvalue weighted by Gasteiger charge is 2.10. The standard InChI is InChI=1S/C9H9NO5/c1-6(15-10(13)14)7-2-4-8(5-3-7)9(11)12/h2-6H,1H3,(H,11,12). The van der Waals surface area contributed by atoms with Crippen LogP contribution in [0.3, 0.4) is 0 Å². The Morgan fingerprint density at radius 3 is 2.40 bits per heavy atom. The molecule has 0 aromatic heterocycles. The molecule has 0 saturated heterocycles. The van der Waals surface area contributed by atoms with Crippen LogP contribution in [0.4, 0.5) is 0 Å². The Labute approximate surface area is 85.2 Å². The van der Waals surface area contributed by atoms with Gasteiger partial charge in [0.15, 0.2) is 0 Å². The molecule has 1 unspecified atom stereocenters. The van der Waals surface area contributed by atoms with Crippen LogP contribution in [0, 0.1) is 10.1 Å². The zero-order valence-electron chi connectivity index (χ0n) is 7.91. The summed E-state index contributed by atoms with van der Waals surface area (Å²) in [6.07, 6.45) is -0.706. The van der Waals surface area contributed by atoms with Crippen LogP contribution >= 0.6 is 0 Å². The van der Waals surface area contributed by atoms with Gasteiger partial charge in [0, 0.05) is 0 Å². The molecular formula is C9H9NO5. The Morgan fingerprint density at radius 2 is 2.00 bits per heavy atom. The van der Waals surface area contributed by atoms with Gasteiger partial charge >= 0.3 is 5.97 Å². The van der Waals surface area contributed by atoms with Gasteiger partial charge in [0.05, 0.1) is 5.56 Å². The number of carboxylic acids is 1. The Bertz CT molecular complexity index is 373. The summed E-state index contributed by atoms with van der Waals surface area (Å²) in [4.78, 5) is 24.9. The maximum atomic E-state index is 10.5. The molecule has 80 valence electrons. The Kier molecular flexibility index (Phi) is 3.22. The highest BCUT2D eigenvalue weighted by Crippen LogP contribution is 2.17. The topological polar surface area (TPSA) is 89.7 Å². The second kappa shape index (κ2) is 4.41. The molecule has 0 saturated carbocycles. The zero-order valence-corrected chi connectivity index (χ0v) is 7.91. The van der Waals surface area contributed by atoms with Gasteiger partial charge in [-0.05, 0) is 24.6 Å². The number of carboxylic acid groups (broad SMARTS) is 1. The van der Waals surface area contributed by atoms with E-state index in [2.05, 4.69) is 4.84 Å². The molecule has 0 radical (unpaired) electrons. The van der Waals surface area contributed by atoms with Crippen LogP contribution in [0.1, 0.15) is 28.9 Å². The lowest BCUT2D eigenvalue weighted by Gasteiger charge is -2.09. The van der Waals surface area contributed by atoms with Gasteiger partial charge in [0.1, 0.15) is 6.10 Å². The monoisotopic (exact) mass is 211 g/mol. The average molecular weight is 211 g/mol. The predicted molar refractivity (Wildman–Crippen MR) is 49.9 cm³/mol. The number of carbonyl (C=O) groups is 1. The third-order valence-electron chi connectivity index (χ3n) is 1.87. The molecule has 0 fully saturated rings. The van der Waals surface area contributed by atoms with E-state index < -0.39 is 17.2 Å². The van der Waals surface area contributed by atoms with Gasteiger partial charge in [-0.1, -0.05) is 12.1 Å². The van der Waals surface area contributed by atoms with Crippen molar-refractivity contribution in [1.29, 1.82) is 0 Å². The van der Waals surface area contributed by atoms with Crippen molar-refractivity contribution in [3.05, 3.63) is 45.5 Å². The first-order valence-electron chi connectivity index (χ1n) is 4.15. The Balaban J connectivity index is 2.79. The van der Waals surface area contributed by atoms with Crippen LogP contribution in [0.15, 0.2) is 24.3 Å². The zero-order chi connectivity index (χ0) is 11.4. The van der Waals surface area contributed by atoms with E-state index >= 15 is 0 Å². The summed E-state index contributed by atoms with van der Waals surface area (Å²) in [5.41, 5.74) is 0.684. The van der Waals surface area contributed by atoms with E-state index in [1.165, 1.54) is 31.2 Å². The molecule has 1 aromatic rings. The number of rotatable bonds is 4. The molecular weight excluding hydrogens is 202 g/mol. The van der Waals surface area contributed by atoms with Gasteiger partial charge in [0.2, 0.25) is 0 Å². The summed E-state index contributed by atoms with van der Waals surface area (Å²) in [7, 11) is 0. The molecule has 1 N–H and O–H groups in total. The largest absolute Gasteiger partial charge is 0.478 e. The van der Waals surface area contributed by atoms with Crippen LogP contribution in [-0.2, 0) is 4.84 Å². The molecule has 0 aliphatic rings. The molecule has 6 nitrogen and oxygen atoms in total. The molecule has 1 rings (SSSR count). The quantitative estimate of drug-likeness (QED) is 0.604. The van der Waals surface area contributed by atoms with Crippen LogP contribution in [0.25, 0.3) is 0 Å². The van der Waals surface area contributed by atoms with E-state index in [1.54, 1.807) is 0 Å². The van der Waals surface area contributed by atoms with Gasteiger partial charge in [-0.3, -0.25) is 0 Å². The third kappa shape index (κ3) is 2.94. The molecule has 0 heterocycles. The van der Waals surface area contributed by atoms with Crippen molar-refractivity contribution in [2.45, 2.75) is 13.0 Å². The molecule has 1 aromatic carbocycles. The summed E-state index contributed by atoms with van der Waals surface area (Å²) < 4.78 is 0. The molecule has 0 spiro atoms. The first kappa shape index (κ1) is 11.0. The molecule has 0 aliphatic heterocycles. The van der Waals surface area contributed by atoms with E-state index in [4.69, 9.17) is 5.11 Å². The number of hydrogen-bond acceptors (Lipinski definition) is 4. The lowest BCUT2D eigenvalue weighted by Crippen LogP contribution is -2.06. The number of benzene rings is 1. The fourth-order valence-corrected chi connectivity index (χ4v) is 1.09. The van der Waals surface area contributed by atoms with Crippen molar-refractivity contribution in [3.63, 3.8) is 0 Å². The van der Waals surface area contributed by atoms with Crippen molar-refractivity contribution >= 4 is 5.97 Å². The lowest BCUT2D eigenvalue weighted by atomic mass is 10.1. The third-order valence-corrected chi connectivity index (χ3v) is 1.87. The fraction of sp³-hybridized carbons (Fsp3) is 0.222. The van der Waals surface area contributed by atoms with E-state index in [-0.39, 0.29) is 5.56 Å². The maximum Gasteiger partial charge on any atom is 0.335 e. The molecule has 0 bridgehead atoms. The van der Waals surface area contributed by atoms with Crippen LogP contribution < -0.4 is 0 Å². The highest BCUT2D eigenvalue weighted by molar-refractivity contribution is 5.87. The minimum absolute atomic E-state index is 0.132. The molecule has 6 heteroatoms. The van der Waals surface area contributed by atoms with E-state index in [0.29, 0.717) is 5.56 Å². The van der Waals surface area contributed by atoms with Crippen LogP contribution in [-0.4, -0.2) is 16.2 Å². The second-order valence-corrected chi connectivity index (χ2v) is 2.90. The van der Waals surface area contributed by atoms with Crippen molar-refractivity contribution in [1.82, 2.24) is 0 Å². The molecule has 0 amide bonds. The average Bonchev–Trinajstić information content (AvgIpc) is 2.17. The van der Waals surface area contributed by atoms with Gasteiger partial charge in [-0.2, -0.15) is 0 Å². The van der Waals surface area contributed by atoms with Crippen molar-refractivity contribution in [2.75, 3.05) is 0 Å². The van der Waals surface area contributed by atoms with Crippen LogP contribution in [0.5, 0.6) is 0 Å². The summed E-state index contributed by atoms with van der Waals surface area (Å²) in [6, 6.07) is 5.71. The number of nitrogens with zero attached hydrogens (tertiary/aromatic N) is 1. The Morgan fingerprint density at radius 1 is 1.47 bits per heavy atom. The molecule has 0 aliphatic carbocycles. The predicted octanol–water partition coefficient (Wildman–Crippen LogP) is 1.65. The van der Waals surface area contributed by atoms with E-state index in [1.807, 2.05) is 0 Å². The second-order valence-electron chi connectivity index (χ2n) is 2.90. The van der Waals surface area contributed by atoms with Crippen molar-refractivity contribution < 1.29 is 19.8 Å². The van der Waals surface area contributed by atoms with E-state index in [0.717, 1.165) is 0 Å². The van der Waals surface area contributed by atoms with Crippen molar-refractivity contribution in [2.24, 2.45) is 0 Å². The summed E-state index contributed by atoms with van der Waals surface area (Å²) >= 11 is 0. The van der Waals surface area contributed by atoms with E-state index in [9.17, 15) is 14.9 Å². The Hall–Kier alpha value is -2.11. The minimum atomic E-state index is -1.04. The maximum absolute atomic E-state index is 10.5. The van der Waals surface area contributed by atoms with Crippen molar-refractivity contribution in [3.8, 4) is 0 Å². The van der Waals surface area contributed by atoms with Gasteiger partial charge in [-0.25, -0.2) is 4.79 Å². The number of hydrogen-bond donors (Lipinski definition) is 1. The summed E-state index contributed by atoms with van der Waals surface area (Å²) in [5, 5.41) is 17.8. The minimum Gasteiger partial charge on any atom is -0.478 e. The molecule has 15 heavy (non-hydrogen) atoms. The summed E-state index contributed by atoms with van der Waals surface area (Å²) in [6.45, 7) is 1.51. The number of aromatic carboxylic acids is 1. The smallest absolute Gasteiger partial charge is 0.335 e. The van der Waals surface area contributed by atoms with Crippen LogP contribution in [0.2, 0.25) is 0 Å². The van der Waals surface area contributed by atoms with Gasteiger partial charge in [-0.15, -0.1) is 10.1 Å². The lowest BCUT2D eigenvalue weighted by molar-refractivity contribution is -0.770. The summed E-state index contributed by atoms with van der Waals surface area (Å²) in [5.74, 6) is -1.04. The first-order valence-corrected chi connectivity index (χ1v) is 4.15. The van der Waals surface area contributed by atoms with Gasteiger partial charge in [0.25, 0.3) is 5.09 Å². The first-order chi connectivity index (χ1) is 7.00.